The highest BCUT2D eigenvalue weighted by atomic mass is 35.7. The third-order valence-electron chi connectivity index (χ3n) is 2.22. The SMILES string of the molecule is Cc1cc2c(cc1S(=O)(=O)Cl)OC(C)(C)O2. The van der Waals surface area contributed by atoms with Crippen molar-refractivity contribution in [2.75, 3.05) is 0 Å². The first kappa shape index (κ1) is 11.5. The molecule has 1 aliphatic heterocycles. The molecule has 0 unspecified atom stereocenters. The average molecular weight is 263 g/mol. The minimum absolute atomic E-state index is 0.0502. The zero-order valence-corrected chi connectivity index (χ0v) is 10.6. The van der Waals surface area contributed by atoms with Crippen molar-refractivity contribution in [3.05, 3.63) is 17.7 Å². The molecule has 88 valence electrons. The van der Waals surface area contributed by atoms with Crippen LogP contribution in [0.25, 0.3) is 0 Å². The van der Waals surface area contributed by atoms with Crippen LogP contribution in [0.15, 0.2) is 17.0 Å². The quantitative estimate of drug-likeness (QED) is 0.730. The van der Waals surface area contributed by atoms with Crippen LogP contribution in [0.1, 0.15) is 19.4 Å². The van der Waals surface area contributed by atoms with Gasteiger partial charge in [0.1, 0.15) is 0 Å². The molecule has 0 fully saturated rings. The highest BCUT2D eigenvalue weighted by Crippen LogP contribution is 2.42. The third-order valence-corrected chi connectivity index (χ3v) is 3.68. The number of ether oxygens (including phenoxy) is 2. The molecule has 0 radical (unpaired) electrons. The van der Waals surface area contributed by atoms with E-state index >= 15 is 0 Å². The van der Waals surface area contributed by atoms with Gasteiger partial charge in [-0.3, -0.25) is 0 Å². The molecule has 0 aromatic heterocycles. The maximum absolute atomic E-state index is 11.3. The summed E-state index contributed by atoms with van der Waals surface area (Å²) in [5.41, 5.74) is 0.537. The molecule has 4 nitrogen and oxygen atoms in total. The van der Waals surface area contributed by atoms with E-state index in [-0.39, 0.29) is 4.90 Å². The Balaban J connectivity index is 2.58. The molecule has 0 bridgehead atoms. The Labute approximate surface area is 98.5 Å². The van der Waals surface area contributed by atoms with Gasteiger partial charge in [0.05, 0.1) is 4.90 Å². The van der Waals surface area contributed by atoms with Gasteiger partial charge in [0.2, 0.25) is 5.79 Å². The second kappa shape index (κ2) is 3.28. The molecule has 0 saturated heterocycles. The number of fused-ring (bicyclic) bond motifs is 1. The Morgan fingerprint density at radius 1 is 1.19 bits per heavy atom. The van der Waals surface area contributed by atoms with E-state index in [1.165, 1.54) is 6.07 Å². The molecule has 0 saturated carbocycles. The fourth-order valence-corrected chi connectivity index (χ4v) is 2.81. The Morgan fingerprint density at radius 2 is 1.69 bits per heavy atom. The molecule has 0 N–H and O–H groups in total. The van der Waals surface area contributed by atoms with Gasteiger partial charge in [-0.25, -0.2) is 8.42 Å². The molecular formula is C10H11ClO4S. The molecule has 1 aromatic carbocycles. The molecular weight excluding hydrogens is 252 g/mol. The van der Waals surface area contributed by atoms with Crippen molar-refractivity contribution in [2.24, 2.45) is 0 Å². The minimum atomic E-state index is -3.76. The Bertz CT molecular complexity index is 548. The summed E-state index contributed by atoms with van der Waals surface area (Å²) in [6.45, 7) is 5.15. The maximum atomic E-state index is 11.3. The number of aryl methyl sites for hydroxylation is 1. The van der Waals surface area contributed by atoms with Crippen LogP contribution in [0.4, 0.5) is 0 Å². The lowest BCUT2D eigenvalue weighted by atomic mass is 10.2. The van der Waals surface area contributed by atoms with Crippen molar-refractivity contribution in [2.45, 2.75) is 31.5 Å². The van der Waals surface area contributed by atoms with Crippen LogP contribution < -0.4 is 9.47 Å². The fourth-order valence-electron chi connectivity index (χ4n) is 1.62. The fraction of sp³-hybridized carbons (Fsp3) is 0.400. The summed E-state index contributed by atoms with van der Waals surface area (Å²) in [5.74, 6) is 0.158. The van der Waals surface area contributed by atoms with Gasteiger partial charge < -0.3 is 9.47 Å². The van der Waals surface area contributed by atoms with E-state index in [0.29, 0.717) is 17.1 Å². The number of benzene rings is 1. The average Bonchev–Trinajstić information content (AvgIpc) is 2.34. The van der Waals surface area contributed by atoms with Crippen molar-refractivity contribution in [1.82, 2.24) is 0 Å². The summed E-state index contributed by atoms with van der Waals surface area (Å²) in [5, 5.41) is 0. The maximum Gasteiger partial charge on any atom is 0.261 e. The predicted octanol–water partition coefficient (Wildman–Crippen LogP) is 2.43. The molecule has 1 aromatic rings. The molecule has 0 atom stereocenters. The summed E-state index contributed by atoms with van der Waals surface area (Å²) in [6.07, 6.45) is 0. The lowest BCUT2D eigenvalue weighted by Gasteiger charge is -2.16. The topological polar surface area (TPSA) is 52.6 Å². The van der Waals surface area contributed by atoms with Crippen LogP contribution in [-0.2, 0) is 9.05 Å². The van der Waals surface area contributed by atoms with Crippen molar-refractivity contribution in [1.29, 1.82) is 0 Å². The van der Waals surface area contributed by atoms with Gasteiger partial charge in [0, 0.05) is 30.6 Å². The van der Waals surface area contributed by atoms with E-state index in [2.05, 4.69) is 0 Å². The van der Waals surface area contributed by atoms with E-state index < -0.39 is 14.8 Å². The number of hydrogen-bond acceptors (Lipinski definition) is 4. The molecule has 0 aliphatic carbocycles. The van der Waals surface area contributed by atoms with Crippen LogP contribution in [0.3, 0.4) is 0 Å². The molecule has 2 rings (SSSR count). The van der Waals surface area contributed by atoms with Crippen LogP contribution >= 0.6 is 10.7 Å². The summed E-state index contributed by atoms with van der Waals surface area (Å²) in [7, 11) is 1.56. The zero-order chi connectivity index (χ0) is 12.1. The van der Waals surface area contributed by atoms with E-state index in [9.17, 15) is 8.42 Å². The molecule has 16 heavy (non-hydrogen) atoms. The predicted molar refractivity (Wildman–Crippen MR) is 59.6 cm³/mol. The second-order valence-electron chi connectivity index (χ2n) is 4.11. The zero-order valence-electron chi connectivity index (χ0n) is 9.07. The van der Waals surface area contributed by atoms with Crippen LogP contribution in [0.5, 0.6) is 11.5 Å². The molecule has 0 amide bonds. The second-order valence-corrected chi connectivity index (χ2v) is 6.64. The van der Waals surface area contributed by atoms with Crippen molar-refractivity contribution in [3.63, 3.8) is 0 Å². The van der Waals surface area contributed by atoms with Gasteiger partial charge in [-0.15, -0.1) is 0 Å². The first-order valence-corrected chi connectivity index (χ1v) is 6.97. The highest BCUT2D eigenvalue weighted by molar-refractivity contribution is 8.13. The van der Waals surface area contributed by atoms with Gasteiger partial charge >= 0.3 is 0 Å². The molecule has 0 spiro atoms. The number of hydrogen-bond donors (Lipinski definition) is 0. The third kappa shape index (κ3) is 1.97. The summed E-state index contributed by atoms with van der Waals surface area (Å²) >= 11 is 0. The highest BCUT2D eigenvalue weighted by Gasteiger charge is 2.33. The number of halogens is 1. The molecule has 1 heterocycles. The number of rotatable bonds is 1. The normalized spacial score (nSPS) is 17.5. The Hall–Kier alpha value is -0.940. The van der Waals surface area contributed by atoms with Gasteiger partial charge in [-0.2, -0.15) is 0 Å². The summed E-state index contributed by atoms with van der Waals surface area (Å²) in [6, 6.07) is 3.00. The standard InChI is InChI=1S/C10H11ClO4S/c1-6-4-7-8(15-10(2,3)14-7)5-9(6)16(11,12)13/h4-5H,1-3H3. The van der Waals surface area contributed by atoms with E-state index in [1.807, 2.05) is 0 Å². The lowest BCUT2D eigenvalue weighted by molar-refractivity contribution is -0.0432. The van der Waals surface area contributed by atoms with E-state index in [1.54, 1.807) is 26.8 Å². The van der Waals surface area contributed by atoms with Crippen molar-refractivity contribution in [3.8, 4) is 11.5 Å². The lowest BCUT2D eigenvalue weighted by Crippen LogP contribution is -2.29. The Kier molecular flexibility index (Phi) is 2.36. The van der Waals surface area contributed by atoms with Gasteiger partial charge in [0.25, 0.3) is 9.05 Å². The monoisotopic (exact) mass is 262 g/mol. The largest absolute Gasteiger partial charge is 0.449 e. The van der Waals surface area contributed by atoms with E-state index in [4.69, 9.17) is 20.2 Å². The molecule has 6 heteroatoms. The Morgan fingerprint density at radius 3 is 2.19 bits per heavy atom. The minimum Gasteiger partial charge on any atom is -0.449 e. The van der Waals surface area contributed by atoms with Gasteiger partial charge in [-0.05, 0) is 18.6 Å². The van der Waals surface area contributed by atoms with Crippen LogP contribution in [0, 0.1) is 6.92 Å². The summed E-state index contributed by atoms with van der Waals surface area (Å²) in [4.78, 5) is 0.0502. The smallest absolute Gasteiger partial charge is 0.261 e. The molecule has 1 aliphatic rings. The van der Waals surface area contributed by atoms with Crippen LogP contribution in [-0.4, -0.2) is 14.2 Å². The van der Waals surface area contributed by atoms with Crippen molar-refractivity contribution >= 4 is 19.7 Å². The van der Waals surface area contributed by atoms with Gasteiger partial charge in [-0.1, -0.05) is 0 Å². The van der Waals surface area contributed by atoms with E-state index in [0.717, 1.165) is 0 Å². The first-order chi connectivity index (χ1) is 7.19. The van der Waals surface area contributed by atoms with Crippen LogP contribution in [0.2, 0.25) is 0 Å². The summed E-state index contributed by atoms with van der Waals surface area (Å²) < 4.78 is 33.5. The first-order valence-electron chi connectivity index (χ1n) is 4.66. The van der Waals surface area contributed by atoms with Crippen molar-refractivity contribution < 1.29 is 17.9 Å². The van der Waals surface area contributed by atoms with Gasteiger partial charge in [0.15, 0.2) is 11.5 Å².